The Balaban J connectivity index is 1.69. The van der Waals surface area contributed by atoms with Gasteiger partial charge in [-0.1, -0.05) is 6.07 Å². The highest BCUT2D eigenvalue weighted by Gasteiger charge is 2.42. The third kappa shape index (κ3) is 5.24. The topological polar surface area (TPSA) is 91.8 Å². The Morgan fingerprint density at radius 1 is 1.19 bits per heavy atom. The second-order valence-electron chi connectivity index (χ2n) is 6.92. The number of aromatic nitrogens is 1. The zero-order valence-corrected chi connectivity index (χ0v) is 18.2. The van der Waals surface area contributed by atoms with Gasteiger partial charge in [0.05, 0.1) is 18.6 Å². The first-order valence-corrected chi connectivity index (χ1v) is 10.4. The predicted molar refractivity (Wildman–Crippen MR) is 119 cm³/mol. The molecule has 1 fully saturated rings. The number of rotatable bonds is 8. The van der Waals surface area contributed by atoms with Crippen LogP contribution < -0.4 is 5.32 Å². The summed E-state index contributed by atoms with van der Waals surface area (Å²) >= 11 is 5.49. The number of likely N-dealkylation sites (N-methyl/N-ethyl adjacent to an activating group) is 1. The molecule has 0 saturated carbocycles. The number of hydrogen-bond acceptors (Lipinski definition) is 6. The van der Waals surface area contributed by atoms with Crippen LogP contribution in [0.4, 0.5) is 5.69 Å². The minimum atomic E-state index is -0.688. The van der Waals surface area contributed by atoms with Gasteiger partial charge in [0.1, 0.15) is 6.04 Å². The van der Waals surface area contributed by atoms with Gasteiger partial charge >= 0.3 is 5.97 Å². The first-order chi connectivity index (χ1) is 14.9. The minimum absolute atomic E-state index is 0.0463. The average molecular weight is 441 g/mol. The maximum absolute atomic E-state index is 12.9. The van der Waals surface area contributed by atoms with Gasteiger partial charge < -0.3 is 15.0 Å². The van der Waals surface area contributed by atoms with Crippen molar-refractivity contribution in [2.24, 2.45) is 0 Å². The molecule has 1 aromatic heterocycles. The number of thiocarbonyl (C=S) groups is 1. The molecule has 9 heteroatoms. The Bertz CT molecular complexity index is 965. The van der Waals surface area contributed by atoms with Crippen LogP contribution in [0.2, 0.25) is 0 Å². The highest BCUT2D eigenvalue weighted by molar-refractivity contribution is 7.80. The Kier molecular flexibility index (Phi) is 7.30. The molecule has 1 aliphatic rings. The molecule has 2 aromatic rings. The summed E-state index contributed by atoms with van der Waals surface area (Å²) in [5.74, 6) is -0.931. The number of carbonyl (C=O) groups excluding carboxylic acids is 3. The number of nitrogens with zero attached hydrogens (tertiary/aromatic N) is 3. The van der Waals surface area contributed by atoms with E-state index in [2.05, 4.69) is 10.3 Å². The van der Waals surface area contributed by atoms with Crippen LogP contribution in [0.5, 0.6) is 0 Å². The van der Waals surface area contributed by atoms with E-state index in [1.807, 2.05) is 19.1 Å². The van der Waals surface area contributed by atoms with E-state index in [0.29, 0.717) is 36.1 Å². The van der Waals surface area contributed by atoms with Crippen molar-refractivity contribution in [2.45, 2.75) is 32.9 Å². The van der Waals surface area contributed by atoms with Crippen LogP contribution in [0.3, 0.4) is 0 Å². The van der Waals surface area contributed by atoms with Crippen LogP contribution in [0, 0.1) is 0 Å². The minimum Gasteiger partial charge on any atom is -0.462 e. The van der Waals surface area contributed by atoms with Gasteiger partial charge in [-0.2, -0.15) is 0 Å². The molecule has 8 nitrogen and oxygen atoms in total. The number of ether oxygens (including phenoxy) is 1. The van der Waals surface area contributed by atoms with E-state index in [1.165, 1.54) is 4.90 Å². The van der Waals surface area contributed by atoms with Gasteiger partial charge in [-0.15, -0.1) is 0 Å². The summed E-state index contributed by atoms with van der Waals surface area (Å²) in [6.07, 6.45) is 3.34. The molecule has 0 radical (unpaired) electrons. The second-order valence-corrected chi connectivity index (χ2v) is 7.29. The van der Waals surface area contributed by atoms with Crippen molar-refractivity contribution in [2.75, 3.05) is 18.5 Å². The fourth-order valence-electron chi connectivity index (χ4n) is 3.34. The molecular formula is C22H24N4O4S. The van der Waals surface area contributed by atoms with Crippen molar-refractivity contribution in [3.05, 3.63) is 59.9 Å². The second kappa shape index (κ2) is 10.1. The number of carbonyl (C=O) groups is 3. The first kappa shape index (κ1) is 22.4. The highest BCUT2D eigenvalue weighted by atomic mass is 32.1. The number of amides is 2. The van der Waals surface area contributed by atoms with Gasteiger partial charge in [0.15, 0.2) is 5.11 Å². The van der Waals surface area contributed by atoms with E-state index in [1.54, 1.807) is 48.5 Å². The quantitative estimate of drug-likeness (QED) is 0.498. The van der Waals surface area contributed by atoms with Crippen LogP contribution in [-0.4, -0.2) is 56.9 Å². The number of nitrogens with one attached hydrogen (secondary N) is 1. The molecule has 2 heterocycles. The summed E-state index contributed by atoms with van der Waals surface area (Å²) in [4.78, 5) is 44.7. The number of anilines is 1. The summed E-state index contributed by atoms with van der Waals surface area (Å²) in [6, 6.07) is 9.43. The Hall–Kier alpha value is -3.33. The van der Waals surface area contributed by atoms with Crippen LogP contribution in [0.15, 0.2) is 48.8 Å². The van der Waals surface area contributed by atoms with E-state index in [0.717, 1.165) is 5.56 Å². The van der Waals surface area contributed by atoms with Gasteiger partial charge in [0, 0.05) is 31.2 Å². The molecule has 0 bridgehead atoms. The third-order valence-corrected chi connectivity index (χ3v) is 5.31. The molecule has 0 aliphatic carbocycles. The fourth-order valence-corrected chi connectivity index (χ4v) is 3.75. The average Bonchev–Trinajstić information content (AvgIpc) is 2.98. The first-order valence-electron chi connectivity index (χ1n) is 10.0. The van der Waals surface area contributed by atoms with Crippen molar-refractivity contribution < 1.29 is 19.1 Å². The molecule has 3 rings (SSSR count). The Morgan fingerprint density at radius 2 is 1.94 bits per heavy atom. The van der Waals surface area contributed by atoms with E-state index in [4.69, 9.17) is 17.0 Å². The van der Waals surface area contributed by atoms with E-state index in [-0.39, 0.29) is 18.2 Å². The van der Waals surface area contributed by atoms with E-state index >= 15 is 0 Å². The molecule has 0 spiro atoms. The maximum atomic E-state index is 12.9. The van der Waals surface area contributed by atoms with Crippen LogP contribution in [0.1, 0.15) is 36.2 Å². The number of hydrogen-bond donors (Lipinski definition) is 1. The van der Waals surface area contributed by atoms with Gasteiger partial charge in [0.2, 0.25) is 5.91 Å². The molecule has 31 heavy (non-hydrogen) atoms. The number of pyridine rings is 1. The van der Waals surface area contributed by atoms with Gasteiger partial charge in [-0.3, -0.25) is 19.5 Å². The van der Waals surface area contributed by atoms with Crippen molar-refractivity contribution in [1.29, 1.82) is 0 Å². The predicted octanol–water partition coefficient (Wildman–Crippen LogP) is 2.60. The zero-order valence-electron chi connectivity index (χ0n) is 17.4. The molecule has 1 atom stereocenters. The lowest BCUT2D eigenvalue weighted by Gasteiger charge is -2.23. The molecule has 162 valence electrons. The highest BCUT2D eigenvalue weighted by Crippen LogP contribution is 2.23. The summed E-state index contributed by atoms with van der Waals surface area (Å²) in [7, 11) is 0. The molecule has 1 aromatic carbocycles. The van der Waals surface area contributed by atoms with Crippen molar-refractivity contribution in [1.82, 2.24) is 14.8 Å². The molecule has 1 unspecified atom stereocenters. The largest absolute Gasteiger partial charge is 0.462 e. The molecule has 2 amide bonds. The molecule has 1 aliphatic heterocycles. The lowest BCUT2D eigenvalue weighted by Crippen LogP contribution is -2.37. The summed E-state index contributed by atoms with van der Waals surface area (Å²) < 4.78 is 4.95. The SMILES string of the molecule is CCOC(=O)c1ccc(NC(=O)CC2C(=O)N(CC)C(=S)N2Cc2cccnc2)cc1. The summed E-state index contributed by atoms with van der Waals surface area (Å²) in [5, 5.41) is 3.19. The van der Waals surface area contributed by atoms with Crippen LogP contribution in [-0.2, 0) is 20.9 Å². The molecule has 1 N–H and O–H groups in total. The molecular weight excluding hydrogens is 416 g/mol. The van der Waals surface area contributed by atoms with E-state index in [9.17, 15) is 14.4 Å². The van der Waals surface area contributed by atoms with Gasteiger partial charge in [-0.25, -0.2) is 4.79 Å². The van der Waals surface area contributed by atoms with Crippen molar-refractivity contribution >= 4 is 40.8 Å². The smallest absolute Gasteiger partial charge is 0.338 e. The van der Waals surface area contributed by atoms with Crippen LogP contribution >= 0.6 is 12.2 Å². The van der Waals surface area contributed by atoms with Gasteiger partial charge in [0.25, 0.3) is 5.91 Å². The third-order valence-electron chi connectivity index (χ3n) is 4.85. The summed E-state index contributed by atoms with van der Waals surface area (Å²) in [6.45, 7) is 4.70. The maximum Gasteiger partial charge on any atom is 0.338 e. The fraction of sp³-hybridized carbons (Fsp3) is 0.318. The monoisotopic (exact) mass is 440 g/mol. The van der Waals surface area contributed by atoms with Crippen molar-refractivity contribution in [3.63, 3.8) is 0 Å². The number of esters is 1. The standard InChI is InChI=1S/C22H24N4O4S/c1-3-25-20(28)18(26(22(25)31)14-15-6-5-11-23-13-15)12-19(27)24-17-9-7-16(8-10-17)21(29)30-4-2/h5-11,13,18H,3-4,12,14H2,1-2H3,(H,24,27). The normalized spacial score (nSPS) is 15.9. The van der Waals surface area contributed by atoms with Gasteiger partial charge in [-0.05, 0) is 62.0 Å². The zero-order chi connectivity index (χ0) is 22.4. The van der Waals surface area contributed by atoms with Crippen molar-refractivity contribution in [3.8, 4) is 0 Å². The lowest BCUT2D eigenvalue weighted by atomic mass is 10.1. The number of benzene rings is 1. The molecule has 1 saturated heterocycles. The lowest BCUT2D eigenvalue weighted by molar-refractivity contribution is -0.130. The summed E-state index contributed by atoms with van der Waals surface area (Å²) in [5.41, 5.74) is 1.82. The Labute approximate surface area is 186 Å². The van der Waals surface area contributed by atoms with E-state index < -0.39 is 12.0 Å². The van der Waals surface area contributed by atoms with Crippen LogP contribution in [0.25, 0.3) is 0 Å². The Morgan fingerprint density at radius 3 is 2.55 bits per heavy atom.